The van der Waals surface area contributed by atoms with Crippen LogP contribution >= 0.6 is 23.2 Å². The zero-order chi connectivity index (χ0) is 13.2. The zero-order valence-electron chi connectivity index (χ0n) is 8.91. The van der Waals surface area contributed by atoms with Gasteiger partial charge in [0.15, 0.2) is 0 Å². The van der Waals surface area contributed by atoms with E-state index in [1.807, 2.05) is 0 Å². The maximum absolute atomic E-state index is 11.5. The van der Waals surface area contributed by atoms with Crippen molar-refractivity contribution < 1.29 is 14.5 Å². The minimum absolute atomic E-state index is 0.0307. The number of amides is 1. The smallest absolute Gasteiger partial charge is 0.326 e. The molecule has 0 aliphatic carbocycles. The van der Waals surface area contributed by atoms with E-state index in [1.165, 1.54) is 20.2 Å². The number of carbonyl (C=O) groups excluding carboxylic acids is 1. The van der Waals surface area contributed by atoms with E-state index in [4.69, 9.17) is 27.9 Å². The van der Waals surface area contributed by atoms with Crippen molar-refractivity contribution in [2.75, 3.05) is 14.2 Å². The molecule has 0 saturated carbocycles. The molecule has 1 rings (SSSR count). The molecule has 0 aromatic heterocycles. The van der Waals surface area contributed by atoms with Gasteiger partial charge in [0.2, 0.25) is 5.75 Å². The number of nitro benzene ring substituents is 1. The molecule has 1 aromatic carbocycles. The normalized spacial score (nSPS) is 9.88. The van der Waals surface area contributed by atoms with Crippen molar-refractivity contribution >= 4 is 34.8 Å². The van der Waals surface area contributed by atoms with Crippen molar-refractivity contribution in [1.82, 2.24) is 5.32 Å². The Morgan fingerprint density at radius 2 is 2.06 bits per heavy atom. The van der Waals surface area contributed by atoms with E-state index in [-0.39, 0.29) is 21.4 Å². The predicted octanol–water partition coefficient (Wildman–Crippen LogP) is 2.27. The number of nitrogens with one attached hydrogen (secondary N) is 1. The average Bonchev–Trinajstić information content (AvgIpc) is 2.27. The summed E-state index contributed by atoms with van der Waals surface area (Å²) >= 11 is 11.5. The lowest BCUT2D eigenvalue weighted by molar-refractivity contribution is -0.386. The Morgan fingerprint density at radius 1 is 1.47 bits per heavy atom. The van der Waals surface area contributed by atoms with Gasteiger partial charge in [-0.05, 0) is 6.07 Å². The van der Waals surface area contributed by atoms with Crippen LogP contribution in [0.1, 0.15) is 10.4 Å². The molecule has 17 heavy (non-hydrogen) atoms. The van der Waals surface area contributed by atoms with Crippen molar-refractivity contribution in [3.8, 4) is 5.75 Å². The number of hydrogen-bond donors (Lipinski definition) is 1. The summed E-state index contributed by atoms with van der Waals surface area (Å²) in [6, 6.07) is 1.22. The molecule has 0 saturated heterocycles. The Morgan fingerprint density at radius 3 is 2.47 bits per heavy atom. The van der Waals surface area contributed by atoms with E-state index < -0.39 is 16.5 Å². The van der Waals surface area contributed by atoms with Gasteiger partial charge in [-0.15, -0.1) is 0 Å². The Balaban J connectivity index is 3.68. The summed E-state index contributed by atoms with van der Waals surface area (Å²) in [6.45, 7) is 0. The third-order valence-electron chi connectivity index (χ3n) is 2.00. The third-order valence-corrected chi connectivity index (χ3v) is 2.58. The second-order valence-electron chi connectivity index (χ2n) is 2.93. The topological polar surface area (TPSA) is 81.5 Å². The first-order valence-electron chi connectivity index (χ1n) is 4.36. The van der Waals surface area contributed by atoms with Gasteiger partial charge in [-0.25, -0.2) is 0 Å². The lowest BCUT2D eigenvalue weighted by Crippen LogP contribution is -2.20. The lowest BCUT2D eigenvalue weighted by atomic mass is 10.1. The fourth-order valence-electron chi connectivity index (χ4n) is 1.30. The summed E-state index contributed by atoms with van der Waals surface area (Å²) in [6.07, 6.45) is 0. The van der Waals surface area contributed by atoms with E-state index in [1.54, 1.807) is 0 Å². The molecule has 0 fully saturated rings. The van der Waals surface area contributed by atoms with Gasteiger partial charge >= 0.3 is 5.69 Å². The molecule has 0 bridgehead atoms. The molecule has 0 heterocycles. The van der Waals surface area contributed by atoms with Crippen LogP contribution in [0, 0.1) is 10.1 Å². The van der Waals surface area contributed by atoms with E-state index in [2.05, 4.69) is 5.32 Å². The lowest BCUT2D eigenvalue weighted by Gasteiger charge is -2.09. The van der Waals surface area contributed by atoms with Crippen LogP contribution in [0.25, 0.3) is 0 Å². The molecule has 0 unspecified atom stereocenters. The predicted molar refractivity (Wildman–Crippen MR) is 63.1 cm³/mol. The number of ether oxygens (including phenoxy) is 1. The first kappa shape index (κ1) is 13.5. The van der Waals surface area contributed by atoms with Crippen molar-refractivity contribution in [1.29, 1.82) is 0 Å². The van der Waals surface area contributed by atoms with Crippen LogP contribution in [0.4, 0.5) is 5.69 Å². The molecule has 1 N–H and O–H groups in total. The van der Waals surface area contributed by atoms with Crippen LogP contribution in [-0.4, -0.2) is 25.0 Å². The maximum Gasteiger partial charge on any atom is 0.326 e. The molecular formula is C9H8Cl2N2O4. The quantitative estimate of drug-likeness (QED) is 0.679. The van der Waals surface area contributed by atoms with Gasteiger partial charge in [-0.1, -0.05) is 23.2 Å². The van der Waals surface area contributed by atoms with Gasteiger partial charge in [-0.3, -0.25) is 14.9 Å². The Labute approximate surface area is 107 Å². The van der Waals surface area contributed by atoms with Gasteiger partial charge in [0, 0.05) is 7.05 Å². The molecule has 6 nitrogen and oxygen atoms in total. The number of rotatable bonds is 3. The fourth-order valence-corrected chi connectivity index (χ4v) is 1.91. The summed E-state index contributed by atoms with van der Waals surface area (Å²) in [4.78, 5) is 21.7. The highest BCUT2D eigenvalue weighted by Gasteiger charge is 2.30. The fraction of sp³-hybridized carbons (Fsp3) is 0.222. The van der Waals surface area contributed by atoms with E-state index in [0.717, 1.165) is 0 Å². The molecule has 0 radical (unpaired) electrons. The zero-order valence-corrected chi connectivity index (χ0v) is 10.4. The highest BCUT2D eigenvalue weighted by atomic mass is 35.5. The summed E-state index contributed by atoms with van der Waals surface area (Å²) in [7, 11) is 2.55. The Kier molecular flexibility index (Phi) is 4.14. The molecule has 0 aliphatic rings. The second kappa shape index (κ2) is 5.20. The van der Waals surface area contributed by atoms with Crippen molar-refractivity contribution in [2.45, 2.75) is 0 Å². The second-order valence-corrected chi connectivity index (χ2v) is 3.75. The van der Waals surface area contributed by atoms with Gasteiger partial charge in [0.1, 0.15) is 5.56 Å². The Bertz CT molecular complexity index is 490. The van der Waals surface area contributed by atoms with E-state index in [0.29, 0.717) is 0 Å². The SMILES string of the molecule is CNC(=O)c1c(Cl)cc(Cl)c(OC)c1[N+](=O)[O-]. The summed E-state index contributed by atoms with van der Waals surface area (Å²) in [5.74, 6) is -0.878. The first-order valence-corrected chi connectivity index (χ1v) is 5.12. The standard InChI is InChI=1S/C9H8Cl2N2O4/c1-12-9(14)6-4(10)3-5(11)8(17-2)7(6)13(15)16/h3H,1-2H3,(H,12,14). The van der Waals surface area contributed by atoms with Crippen LogP contribution in [-0.2, 0) is 0 Å². The highest BCUT2D eigenvalue weighted by molar-refractivity contribution is 6.38. The first-order chi connectivity index (χ1) is 7.93. The van der Waals surface area contributed by atoms with Crippen LogP contribution in [0.2, 0.25) is 10.0 Å². The van der Waals surface area contributed by atoms with Gasteiger partial charge < -0.3 is 10.1 Å². The molecular weight excluding hydrogens is 271 g/mol. The van der Waals surface area contributed by atoms with Gasteiger partial charge in [0.05, 0.1) is 22.1 Å². The van der Waals surface area contributed by atoms with E-state index >= 15 is 0 Å². The summed E-state index contributed by atoms with van der Waals surface area (Å²) < 4.78 is 4.82. The maximum atomic E-state index is 11.5. The third kappa shape index (κ3) is 2.42. The van der Waals surface area contributed by atoms with Crippen LogP contribution in [0.5, 0.6) is 5.75 Å². The number of nitro groups is 1. The number of benzene rings is 1. The highest BCUT2D eigenvalue weighted by Crippen LogP contribution is 2.41. The summed E-state index contributed by atoms with van der Waals surface area (Å²) in [5.41, 5.74) is -0.829. The van der Waals surface area contributed by atoms with Crippen LogP contribution < -0.4 is 10.1 Å². The molecule has 1 aromatic rings. The van der Waals surface area contributed by atoms with Gasteiger partial charge in [-0.2, -0.15) is 0 Å². The molecule has 1 amide bonds. The molecule has 0 spiro atoms. The van der Waals surface area contributed by atoms with E-state index in [9.17, 15) is 14.9 Å². The number of hydrogen-bond acceptors (Lipinski definition) is 4. The number of nitrogens with zero attached hydrogens (tertiary/aromatic N) is 1. The molecule has 0 atom stereocenters. The largest absolute Gasteiger partial charge is 0.489 e. The number of methoxy groups -OCH3 is 1. The minimum Gasteiger partial charge on any atom is -0.489 e. The Hall–Kier alpha value is -1.53. The van der Waals surface area contributed by atoms with Crippen LogP contribution in [0.15, 0.2) is 6.07 Å². The van der Waals surface area contributed by atoms with Crippen molar-refractivity contribution in [3.63, 3.8) is 0 Å². The van der Waals surface area contributed by atoms with Crippen molar-refractivity contribution in [3.05, 3.63) is 31.8 Å². The number of carbonyl (C=O) groups is 1. The molecule has 92 valence electrons. The van der Waals surface area contributed by atoms with Crippen molar-refractivity contribution in [2.24, 2.45) is 0 Å². The minimum atomic E-state index is -0.763. The molecule has 8 heteroatoms. The van der Waals surface area contributed by atoms with Crippen LogP contribution in [0.3, 0.4) is 0 Å². The average molecular weight is 279 g/mol. The monoisotopic (exact) mass is 278 g/mol. The number of halogens is 2. The summed E-state index contributed by atoms with van der Waals surface area (Å²) in [5, 5.41) is 13.1. The molecule has 0 aliphatic heterocycles. The van der Waals surface area contributed by atoms with Gasteiger partial charge in [0.25, 0.3) is 5.91 Å².